The van der Waals surface area contributed by atoms with E-state index < -0.39 is 6.03 Å². The number of hydrogen-bond acceptors (Lipinski definition) is 5. The number of aromatic nitrogens is 2. The van der Waals surface area contributed by atoms with E-state index in [1.54, 1.807) is 29.3 Å². The molecule has 0 unspecified atom stereocenters. The maximum atomic E-state index is 12.6. The van der Waals surface area contributed by atoms with Gasteiger partial charge in [0.25, 0.3) is 0 Å². The smallest absolute Gasteiger partial charge is 0.333 e. The molecule has 2 aliphatic rings. The average Bonchev–Trinajstić information content (AvgIpc) is 3.55. The van der Waals surface area contributed by atoms with Gasteiger partial charge in [0.15, 0.2) is 5.82 Å². The topological polar surface area (TPSA) is 105 Å². The van der Waals surface area contributed by atoms with Crippen LogP contribution in [0, 0.1) is 0 Å². The summed E-state index contributed by atoms with van der Waals surface area (Å²) in [4.78, 5) is 27.3. The summed E-state index contributed by atoms with van der Waals surface area (Å²) in [6.07, 6.45) is 2.73. The lowest BCUT2D eigenvalue weighted by Crippen LogP contribution is -2.41. The Bertz CT molecular complexity index is 1190. The van der Waals surface area contributed by atoms with Crippen LogP contribution in [0.15, 0.2) is 48.5 Å². The Morgan fingerprint density at radius 1 is 1.00 bits per heavy atom. The molecule has 0 atom stereocenters. The van der Waals surface area contributed by atoms with Gasteiger partial charge in [0.2, 0.25) is 5.91 Å². The summed E-state index contributed by atoms with van der Waals surface area (Å²) in [5.41, 5.74) is 7.19. The molecule has 3 aromatic rings. The van der Waals surface area contributed by atoms with Gasteiger partial charge >= 0.3 is 6.03 Å². The van der Waals surface area contributed by atoms with Crippen LogP contribution in [0.25, 0.3) is 0 Å². The lowest BCUT2D eigenvalue weighted by atomic mass is 10.1. The van der Waals surface area contributed by atoms with Crippen molar-refractivity contribution in [2.24, 2.45) is 0 Å². The molecule has 176 valence electrons. The van der Waals surface area contributed by atoms with E-state index in [-0.39, 0.29) is 12.3 Å². The molecule has 0 bridgehead atoms. The van der Waals surface area contributed by atoms with Gasteiger partial charge in [-0.15, -0.1) is 0 Å². The van der Waals surface area contributed by atoms with Crippen molar-refractivity contribution in [1.29, 1.82) is 0 Å². The number of halogens is 1. The number of urea groups is 1. The molecule has 5 rings (SSSR count). The monoisotopic (exact) mass is 479 g/mol. The highest BCUT2D eigenvalue weighted by molar-refractivity contribution is 6.33. The number of nitrogens with one attached hydrogen (secondary N) is 4. The second-order valence-corrected chi connectivity index (χ2v) is 8.92. The molecule has 9 nitrogen and oxygen atoms in total. The van der Waals surface area contributed by atoms with Gasteiger partial charge in [-0.1, -0.05) is 35.9 Å². The maximum absolute atomic E-state index is 12.6. The summed E-state index contributed by atoms with van der Waals surface area (Å²) in [5.74, 6) is 0.357. The average molecular weight is 480 g/mol. The number of aromatic amines is 1. The van der Waals surface area contributed by atoms with Gasteiger partial charge in [0.05, 0.1) is 29.4 Å². The first-order chi connectivity index (χ1) is 16.5. The zero-order valence-electron chi connectivity index (χ0n) is 18.6. The van der Waals surface area contributed by atoms with Crippen molar-refractivity contribution in [1.82, 2.24) is 20.6 Å². The van der Waals surface area contributed by atoms with Gasteiger partial charge in [-0.2, -0.15) is 5.10 Å². The van der Waals surface area contributed by atoms with Crippen LogP contribution in [0.5, 0.6) is 0 Å². The van der Waals surface area contributed by atoms with Crippen molar-refractivity contribution in [3.05, 3.63) is 70.4 Å². The molecule has 0 saturated carbocycles. The minimum atomic E-state index is -0.394. The number of carbonyl (C=O) groups excluding carboxylic acids is 2. The minimum Gasteiger partial charge on any atom is -0.372 e. The Balaban J connectivity index is 1.14. The van der Waals surface area contributed by atoms with Gasteiger partial charge in [0, 0.05) is 30.9 Å². The predicted molar refractivity (Wildman–Crippen MR) is 132 cm³/mol. The van der Waals surface area contributed by atoms with E-state index in [0.29, 0.717) is 29.6 Å². The molecular formula is C24H26ClN7O2. The van der Waals surface area contributed by atoms with Crippen molar-refractivity contribution in [3.8, 4) is 0 Å². The number of anilines is 3. The van der Waals surface area contributed by atoms with Gasteiger partial charge < -0.3 is 15.5 Å². The van der Waals surface area contributed by atoms with Crippen molar-refractivity contribution < 1.29 is 9.59 Å². The van der Waals surface area contributed by atoms with E-state index in [4.69, 9.17) is 11.6 Å². The van der Waals surface area contributed by atoms with Crippen LogP contribution in [0.3, 0.4) is 0 Å². The molecule has 1 aromatic heterocycles. The number of nitrogens with zero attached hydrogens (tertiary/aromatic N) is 3. The van der Waals surface area contributed by atoms with E-state index in [2.05, 4.69) is 43.3 Å². The lowest BCUT2D eigenvalue weighted by Gasteiger charge is -2.18. The third-order valence-corrected chi connectivity index (χ3v) is 6.39. The minimum absolute atomic E-state index is 0.133. The van der Waals surface area contributed by atoms with E-state index in [1.165, 1.54) is 18.5 Å². The summed E-state index contributed by atoms with van der Waals surface area (Å²) in [7, 11) is 0. The fraction of sp³-hybridized carbons (Fsp3) is 0.292. The molecule has 2 aliphatic heterocycles. The van der Waals surface area contributed by atoms with Gasteiger partial charge in [0.1, 0.15) is 0 Å². The number of H-pyrrole nitrogens is 1. The van der Waals surface area contributed by atoms with Crippen molar-refractivity contribution in [2.45, 2.75) is 32.4 Å². The highest BCUT2D eigenvalue weighted by Gasteiger charge is 2.27. The Morgan fingerprint density at radius 2 is 1.76 bits per heavy atom. The standard InChI is InChI=1S/C24H26ClN7O2/c25-19-5-1-2-6-20(19)26-24(34)30-32-14-18-21(15-32)28-29-23(18)27-22(33)13-16-7-9-17(10-8-16)31-11-3-4-12-31/h1-2,5-10H,3-4,11-15H2,(H2,26,30,34)(H2,27,28,29,33). The molecule has 3 heterocycles. The fourth-order valence-electron chi connectivity index (χ4n) is 4.34. The lowest BCUT2D eigenvalue weighted by molar-refractivity contribution is -0.115. The van der Waals surface area contributed by atoms with E-state index in [1.807, 2.05) is 12.1 Å². The molecule has 34 heavy (non-hydrogen) atoms. The van der Waals surface area contributed by atoms with Gasteiger partial charge in [-0.25, -0.2) is 9.80 Å². The quantitative estimate of drug-likeness (QED) is 0.429. The van der Waals surface area contributed by atoms with Crippen LogP contribution in [0.1, 0.15) is 29.7 Å². The molecule has 4 N–H and O–H groups in total. The third kappa shape index (κ3) is 5.00. The first-order valence-corrected chi connectivity index (χ1v) is 11.7. The van der Waals surface area contributed by atoms with Crippen molar-refractivity contribution in [3.63, 3.8) is 0 Å². The normalized spacial score (nSPS) is 15.3. The van der Waals surface area contributed by atoms with Crippen LogP contribution < -0.4 is 21.0 Å². The number of para-hydroxylation sites is 1. The van der Waals surface area contributed by atoms with Crippen LogP contribution in [0.2, 0.25) is 5.02 Å². The third-order valence-electron chi connectivity index (χ3n) is 6.06. The molecule has 0 spiro atoms. The van der Waals surface area contributed by atoms with Crippen LogP contribution >= 0.6 is 11.6 Å². The molecule has 0 radical (unpaired) electrons. The predicted octanol–water partition coefficient (Wildman–Crippen LogP) is 3.90. The number of hydrogen-bond donors (Lipinski definition) is 4. The molecule has 1 fully saturated rings. The number of amides is 3. The van der Waals surface area contributed by atoms with Gasteiger partial charge in [-0.05, 0) is 42.7 Å². The molecule has 0 aliphatic carbocycles. The number of carbonyl (C=O) groups is 2. The molecule has 1 saturated heterocycles. The summed E-state index contributed by atoms with van der Waals surface area (Å²) < 4.78 is 0. The summed E-state index contributed by atoms with van der Waals surface area (Å²) >= 11 is 6.09. The Labute approximate surface area is 202 Å². The van der Waals surface area contributed by atoms with E-state index in [9.17, 15) is 9.59 Å². The van der Waals surface area contributed by atoms with E-state index >= 15 is 0 Å². The summed E-state index contributed by atoms with van der Waals surface area (Å²) in [6.45, 7) is 3.06. The summed E-state index contributed by atoms with van der Waals surface area (Å²) in [6, 6.07) is 14.8. The number of benzene rings is 2. The van der Waals surface area contributed by atoms with Crippen molar-refractivity contribution >= 4 is 40.7 Å². The second-order valence-electron chi connectivity index (χ2n) is 8.52. The number of hydrazine groups is 1. The van der Waals surface area contributed by atoms with Crippen LogP contribution in [-0.4, -0.2) is 40.2 Å². The SMILES string of the molecule is O=C(Cc1ccc(N2CCCC2)cc1)Nc1n[nH]c2c1CN(NC(=O)Nc1ccccc1Cl)C2. The second kappa shape index (κ2) is 9.74. The molecule has 2 aromatic carbocycles. The Hall–Kier alpha value is -3.56. The molecular weight excluding hydrogens is 454 g/mol. The maximum Gasteiger partial charge on any atom is 0.333 e. The van der Waals surface area contributed by atoms with Gasteiger partial charge in [-0.3, -0.25) is 15.3 Å². The Morgan fingerprint density at radius 3 is 2.53 bits per heavy atom. The number of rotatable bonds is 6. The Kier molecular flexibility index (Phi) is 6.37. The van der Waals surface area contributed by atoms with Crippen molar-refractivity contribution in [2.75, 3.05) is 28.6 Å². The highest BCUT2D eigenvalue weighted by atomic mass is 35.5. The summed E-state index contributed by atoms with van der Waals surface area (Å²) in [5, 5.41) is 15.0. The molecule has 10 heteroatoms. The first-order valence-electron chi connectivity index (χ1n) is 11.3. The molecule has 3 amide bonds. The fourth-order valence-corrected chi connectivity index (χ4v) is 4.52. The van der Waals surface area contributed by atoms with E-state index in [0.717, 1.165) is 29.9 Å². The number of fused-ring (bicyclic) bond motifs is 1. The largest absolute Gasteiger partial charge is 0.372 e. The zero-order valence-corrected chi connectivity index (χ0v) is 19.4. The first kappa shape index (κ1) is 22.2. The highest BCUT2D eigenvalue weighted by Crippen LogP contribution is 2.27. The van der Waals surface area contributed by atoms with Crippen LogP contribution in [0.4, 0.5) is 22.0 Å². The zero-order chi connectivity index (χ0) is 23.5. The van der Waals surface area contributed by atoms with Crippen LogP contribution in [-0.2, 0) is 24.3 Å².